The Bertz CT molecular complexity index is 490. The molecule has 1 aliphatic heterocycles. The smallest absolute Gasteiger partial charge is 0.308 e. The zero-order valence-corrected chi connectivity index (χ0v) is 10.2. The number of anilines is 1. The molecule has 1 aromatic rings. The topological polar surface area (TPSA) is 57.6 Å². The molecule has 90 valence electrons. The van der Waals surface area contributed by atoms with Crippen LogP contribution in [0.5, 0.6) is 0 Å². The zero-order valence-electron chi connectivity index (χ0n) is 8.69. The van der Waals surface area contributed by atoms with Crippen molar-refractivity contribution >= 4 is 40.8 Å². The molecular formula is C11H9Cl2NO3. The molecule has 1 saturated heterocycles. The van der Waals surface area contributed by atoms with Gasteiger partial charge >= 0.3 is 5.97 Å². The second-order valence-corrected chi connectivity index (χ2v) is 4.68. The van der Waals surface area contributed by atoms with Crippen molar-refractivity contribution < 1.29 is 14.7 Å². The summed E-state index contributed by atoms with van der Waals surface area (Å²) in [4.78, 5) is 23.9. The number of hydrogen-bond donors (Lipinski definition) is 1. The fourth-order valence-electron chi connectivity index (χ4n) is 1.81. The number of carboxylic acids is 1. The summed E-state index contributed by atoms with van der Waals surface area (Å²) in [5.41, 5.74) is 0.504. The minimum Gasteiger partial charge on any atom is -0.481 e. The average molecular weight is 274 g/mol. The van der Waals surface area contributed by atoms with E-state index in [-0.39, 0.29) is 18.9 Å². The van der Waals surface area contributed by atoms with Crippen molar-refractivity contribution in [2.45, 2.75) is 6.42 Å². The van der Waals surface area contributed by atoms with Gasteiger partial charge in [0.2, 0.25) is 5.91 Å². The average Bonchev–Trinajstić information content (AvgIpc) is 2.61. The standard InChI is InChI=1S/C11H9Cl2NO3/c12-7-1-2-9(8(13)4-7)14-5-6(11(16)17)3-10(14)15/h1-2,4,6H,3,5H2,(H,16,17)/t6-/m0/s1. The second-order valence-electron chi connectivity index (χ2n) is 3.84. The predicted molar refractivity (Wildman–Crippen MR) is 64.6 cm³/mol. The lowest BCUT2D eigenvalue weighted by Gasteiger charge is -2.17. The second kappa shape index (κ2) is 4.55. The van der Waals surface area contributed by atoms with Crippen molar-refractivity contribution in [3.05, 3.63) is 28.2 Å². The van der Waals surface area contributed by atoms with Gasteiger partial charge in [-0.15, -0.1) is 0 Å². The van der Waals surface area contributed by atoms with Crippen LogP contribution >= 0.6 is 23.2 Å². The summed E-state index contributed by atoms with van der Waals surface area (Å²) >= 11 is 11.7. The summed E-state index contributed by atoms with van der Waals surface area (Å²) in [5.74, 6) is -1.87. The van der Waals surface area contributed by atoms with Crippen LogP contribution in [-0.2, 0) is 9.59 Å². The summed E-state index contributed by atoms with van der Waals surface area (Å²) in [6.07, 6.45) is 0.00822. The molecule has 1 heterocycles. The van der Waals surface area contributed by atoms with Crippen LogP contribution in [0.3, 0.4) is 0 Å². The number of carbonyl (C=O) groups excluding carboxylic acids is 1. The van der Waals surface area contributed by atoms with E-state index >= 15 is 0 Å². The fourth-order valence-corrected chi connectivity index (χ4v) is 2.32. The van der Waals surface area contributed by atoms with Crippen LogP contribution in [0.2, 0.25) is 10.0 Å². The number of amides is 1. The van der Waals surface area contributed by atoms with Gasteiger partial charge in [-0.05, 0) is 18.2 Å². The predicted octanol–water partition coefficient (Wildman–Crippen LogP) is 2.43. The highest BCUT2D eigenvalue weighted by molar-refractivity contribution is 6.36. The molecular weight excluding hydrogens is 265 g/mol. The SMILES string of the molecule is O=C(O)[C@H]1CC(=O)N(c2ccc(Cl)cc2Cl)C1. The monoisotopic (exact) mass is 273 g/mol. The summed E-state index contributed by atoms with van der Waals surface area (Å²) in [5, 5.41) is 9.69. The van der Waals surface area contributed by atoms with E-state index in [4.69, 9.17) is 28.3 Å². The Morgan fingerprint density at radius 1 is 1.41 bits per heavy atom. The van der Waals surface area contributed by atoms with Crippen LogP contribution < -0.4 is 4.90 Å². The number of rotatable bonds is 2. The van der Waals surface area contributed by atoms with E-state index in [1.165, 1.54) is 11.0 Å². The summed E-state index contributed by atoms with van der Waals surface area (Å²) in [6.45, 7) is 0.148. The molecule has 1 amide bonds. The number of benzene rings is 1. The molecule has 0 unspecified atom stereocenters. The molecule has 0 spiro atoms. The van der Waals surface area contributed by atoms with E-state index in [1.807, 2.05) is 0 Å². The van der Waals surface area contributed by atoms with Gasteiger partial charge in [0.1, 0.15) is 0 Å². The van der Waals surface area contributed by atoms with Crippen molar-refractivity contribution in [1.29, 1.82) is 0 Å². The zero-order chi connectivity index (χ0) is 12.6. The number of carbonyl (C=O) groups is 2. The van der Waals surface area contributed by atoms with Gasteiger partial charge in [0.25, 0.3) is 0 Å². The van der Waals surface area contributed by atoms with Gasteiger partial charge in [0, 0.05) is 18.0 Å². The summed E-state index contributed by atoms with van der Waals surface area (Å²) in [6, 6.07) is 4.76. The van der Waals surface area contributed by atoms with Gasteiger partial charge < -0.3 is 10.0 Å². The minimum atomic E-state index is -0.967. The Morgan fingerprint density at radius 3 is 2.65 bits per heavy atom. The van der Waals surface area contributed by atoms with Crippen molar-refractivity contribution in [2.24, 2.45) is 5.92 Å². The van der Waals surface area contributed by atoms with E-state index in [0.29, 0.717) is 15.7 Å². The van der Waals surface area contributed by atoms with Gasteiger partial charge in [0.15, 0.2) is 0 Å². The van der Waals surface area contributed by atoms with Gasteiger partial charge in [-0.25, -0.2) is 0 Å². The maximum Gasteiger partial charge on any atom is 0.308 e. The lowest BCUT2D eigenvalue weighted by Crippen LogP contribution is -2.26. The van der Waals surface area contributed by atoms with Crippen molar-refractivity contribution in [2.75, 3.05) is 11.4 Å². The van der Waals surface area contributed by atoms with E-state index in [2.05, 4.69) is 0 Å². The van der Waals surface area contributed by atoms with Gasteiger partial charge in [-0.2, -0.15) is 0 Å². The molecule has 0 bridgehead atoms. The third-order valence-electron chi connectivity index (χ3n) is 2.67. The van der Waals surface area contributed by atoms with Gasteiger partial charge in [-0.3, -0.25) is 9.59 Å². The fraction of sp³-hybridized carbons (Fsp3) is 0.273. The first-order valence-electron chi connectivity index (χ1n) is 4.97. The Labute approximate surface area is 108 Å². The largest absolute Gasteiger partial charge is 0.481 e. The molecule has 0 radical (unpaired) electrons. The van der Waals surface area contributed by atoms with Gasteiger partial charge in [-0.1, -0.05) is 23.2 Å². The molecule has 6 heteroatoms. The van der Waals surface area contributed by atoms with Crippen LogP contribution in [0.15, 0.2) is 18.2 Å². The molecule has 0 aliphatic carbocycles. The first kappa shape index (κ1) is 12.2. The lowest BCUT2D eigenvalue weighted by atomic mass is 10.1. The van der Waals surface area contributed by atoms with E-state index in [9.17, 15) is 9.59 Å². The molecule has 17 heavy (non-hydrogen) atoms. The molecule has 1 aromatic carbocycles. The highest BCUT2D eigenvalue weighted by atomic mass is 35.5. The summed E-state index contributed by atoms with van der Waals surface area (Å²) < 4.78 is 0. The number of carboxylic acid groups (broad SMARTS) is 1. The Morgan fingerprint density at radius 2 is 2.12 bits per heavy atom. The first-order valence-corrected chi connectivity index (χ1v) is 5.73. The van der Waals surface area contributed by atoms with Gasteiger partial charge in [0.05, 0.1) is 16.6 Å². The minimum absolute atomic E-state index is 0.00822. The first-order chi connectivity index (χ1) is 7.99. The molecule has 4 nitrogen and oxygen atoms in total. The van der Waals surface area contributed by atoms with Crippen LogP contribution in [0.1, 0.15) is 6.42 Å². The number of aliphatic carboxylic acids is 1. The molecule has 2 rings (SSSR count). The third kappa shape index (κ3) is 2.37. The molecule has 1 atom stereocenters. The Balaban J connectivity index is 2.29. The van der Waals surface area contributed by atoms with E-state index < -0.39 is 11.9 Å². The Kier molecular flexibility index (Phi) is 3.26. The Hall–Kier alpha value is -1.26. The highest BCUT2D eigenvalue weighted by Gasteiger charge is 2.35. The number of nitrogens with zero attached hydrogens (tertiary/aromatic N) is 1. The van der Waals surface area contributed by atoms with E-state index in [1.54, 1.807) is 12.1 Å². The number of halogens is 2. The van der Waals surface area contributed by atoms with Crippen LogP contribution in [0.25, 0.3) is 0 Å². The normalized spacial score (nSPS) is 19.8. The van der Waals surface area contributed by atoms with Crippen LogP contribution in [0.4, 0.5) is 5.69 Å². The van der Waals surface area contributed by atoms with Crippen molar-refractivity contribution in [3.63, 3.8) is 0 Å². The maximum atomic E-state index is 11.7. The maximum absolute atomic E-state index is 11.7. The molecule has 1 fully saturated rings. The summed E-state index contributed by atoms with van der Waals surface area (Å²) in [7, 11) is 0. The van der Waals surface area contributed by atoms with Crippen LogP contribution in [0, 0.1) is 5.92 Å². The third-order valence-corrected chi connectivity index (χ3v) is 3.21. The quantitative estimate of drug-likeness (QED) is 0.901. The van der Waals surface area contributed by atoms with Crippen LogP contribution in [-0.4, -0.2) is 23.5 Å². The molecule has 1 aliphatic rings. The van der Waals surface area contributed by atoms with E-state index in [0.717, 1.165) is 0 Å². The number of hydrogen-bond acceptors (Lipinski definition) is 2. The molecule has 0 aromatic heterocycles. The molecule has 1 N–H and O–H groups in total. The highest BCUT2D eigenvalue weighted by Crippen LogP contribution is 2.33. The lowest BCUT2D eigenvalue weighted by molar-refractivity contribution is -0.141. The van der Waals surface area contributed by atoms with Crippen molar-refractivity contribution in [3.8, 4) is 0 Å². The van der Waals surface area contributed by atoms with Crippen molar-refractivity contribution in [1.82, 2.24) is 0 Å². The molecule has 0 saturated carbocycles.